The third kappa shape index (κ3) is 3.01. The van der Waals surface area contributed by atoms with Gasteiger partial charge in [0, 0.05) is 38.0 Å². The monoisotopic (exact) mass is 498 g/mol. The van der Waals surface area contributed by atoms with Crippen LogP contribution >= 0.6 is 11.3 Å². The van der Waals surface area contributed by atoms with E-state index in [0.717, 1.165) is 41.2 Å². The van der Waals surface area contributed by atoms with Gasteiger partial charge in [0.25, 0.3) is 0 Å². The number of H-pyrrole nitrogens is 2. The Morgan fingerprint density at radius 3 is 2.51 bits per heavy atom. The molecule has 0 fully saturated rings. The van der Waals surface area contributed by atoms with Crippen molar-refractivity contribution in [1.82, 2.24) is 19.9 Å². The summed E-state index contributed by atoms with van der Waals surface area (Å²) in [7, 11) is 0. The first-order chi connectivity index (χ1) is 18.0. The Hall–Kier alpha value is -3.96. The lowest BCUT2D eigenvalue weighted by atomic mass is 9.87. The number of hydrogen-bond acceptors (Lipinski definition) is 3. The Kier molecular flexibility index (Phi) is 4.30. The quantitative estimate of drug-likeness (QED) is 0.250. The highest BCUT2D eigenvalue weighted by molar-refractivity contribution is 7.18. The maximum absolute atomic E-state index is 4.97. The second-order valence-electron chi connectivity index (χ2n) is 10.6. The van der Waals surface area contributed by atoms with Crippen molar-refractivity contribution in [3.05, 3.63) is 82.9 Å². The fourth-order valence-corrected chi connectivity index (χ4v) is 7.06. The molecule has 4 aromatic carbocycles. The lowest BCUT2D eigenvalue weighted by Gasteiger charge is -2.18. The van der Waals surface area contributed by atoms with Gasteiger partial charge in [-0.1, -0.05) is 50.2 Å². The molecular weight excluding hydrogens is 472 g/mol. The van der Waals surface area contributed by atoms with Crippen LogP contribution in [0.25, 0.3) is 65.0 Å². The third-order valence-electron chi connectivity index (χ3n) is 7.96. The van der Waals surface area contributed by atoms with E-state index in [9.17, 15) is 0 Å². The molecule has 5 heteroatoms. The number of hydrogen-bond donors (Lipinski definition) is 2. The SMILES string of the molecule is Cc1nc2c3ccsc3c3cc(-c4ccc5c6c(ccc5c4)-c4nc(C(C)C)[nH]c4CC6)ccc3c2[nH]1. The fraction of sp³-hybridized carbons (Fsp3) is 0.188. The summed E-state index contributed by atoms with van der Waals surface area (Å²) in [4.78, 5) is 16.8. The number of thiophene rings is 1. The zero-order valence-corrected chi connectivity index (χ0v) is 21.9. The van der Waals surface area contributed by atoms with E-state index in [1.165, 1.54) is 59.6 Å². The van der Waals surface area contributed by atoms with Gasteiger partial charge < -0.3 is 9.97 Å². The molecule has 37 heavy (non-hydrogen) atoms. The molecule has 0 radical (unpaired) electrons. The number of aromatic nitrogens is 4. The van der Waals surface area contributed by atoms with Crippen LogP contribution in [-0.4, -0.2) is 19.9 Å². The Morgan fingerprint density at radius 1 is 0.811 bits per heavy atom. The maximum Gasteiger partial charge on any atom is 0.109 e. The highest BCUT2D eigenvalue weighted by Crippen LogP contribution is 2.41. The Labute approximate surface area is 218 Å². The molecule has 3 heterocycles. The zero-order valence-electron chi connectivity index (χ0n) is 21.1. The minimum atomic E-state index is 0.405. The van der Waals surface area contributed by atoms with Gasteiger partial charge in [0.1, 0.15) is 11.6 Å². The third-order valence-corrected chi connectivity index (χ3v) is 8.91. The van der Waals surface area contributed by atoms with Crippen LogP contribution in [-0.2, 0) is 12.8 Å². The molecule has 8 rings (SSSR count). The summed E-state index contributed by atoms with van der Waals surface area (Å²) in [6.07, 6.45) is 2.07. The Bertz CT molecular complexity index is 2040. The van der Waals surface area contributed by atoms with E-state index in [4.69, 9.17) is 9.97 Å². The molecule has 0 aliphatic heterocycles. The number of benzene rings is 4. The number of imidazole rings is 2. The van der Waals surface area contributed by atoms with Crippen LogP contribution in [0.2, 0.25) is 0 Å². The van der Waals surface area contributed by atoms with E-state index in [0.29, 0.717) is 5.92 Å². The molecule has 0 unspecified atom stereocenters. The minimum Gasteiger partial charge on any atom is -0.345 e. The second kappa shape index (κ2) is 7.53. The summed E-state index contributed by atoms with van der Waals surface area (Å²) >= 11 is 1.80. The van der Waals surface area contributed by atoms with E-state index in [-0.39, 0.29) is 0 Å². The van der Waals surface area contributed by atoms with E-state index >= 15 is 0 Å². The molecule has 0 amide bonds. The van der Waals surface area contributed by atoms with Crippen LogP contribution in [0.3, 0.4) is 0 Å². The predicted molar refractivity (Wildman–Crippen MR) is 156 cm³/mol. The molecule has 1 aliphatic rings. The van der Waals surface area contributed by atoms with Gasteiger partial charge in [-0.3, -0.25) is 0 Å². The number of rotatable bonds is 2. The van der Waals surface area contributed by atoms with Crippen molar-refractivity contribution in [1.29, 1.82) is 0 Å². The van der Waals surface area contributed by atoms with Crippen LogP contribution in [0.15, 0.2) is 60.0 Å². The van der Waals surface area contributed by atoms with Gasteiger partial charge in [-0.05, 0) is 70.8 Å². The summed E-state index contributed by atoms with van der Waals surface area (Å²) in [5.74, 6) is 2.45. The standard InChI is InChI=1S/C32H26N4S/c1-16(2)32-35-27-11-10-22-21-7-4-18(14-20(21)6-9-23(22)28(27)36-32)19-5-8-24-26(15-19)31-25(12-13-37-31)30-29(24)33-17(3)34-30/h4-9,12-16H,10-11H2,1-3H3,(H,33,34)(H,35,36). The molecule has 1 aliphatic carbocycles. The van der Waals surface area contributed by atoms with E-state index in [1.807, 2.05) is 6.92 Å². The van der Waals surface area contributed by atoms with Gasteiger partial charge in [-0.2, -0.15) is 0 Å². The highest BCUT2D eigenvalue weighted by atomic mass is 32.1. The van der Waals surface area contributed by atoms with E-state index in [1.54, 1.807) is 11.3 Å². The molecule has 4 nitrogen and oxygen atoms in total. The van der Waals surface area contributed by atoms with E-state index in [2.05, 4.69) is 83.8 Å². The number of aryl methyl sites for hydroxylation is 3. The van der Waals surface area contributed by atoms with Crippen LogP contribution in [0.1, 0.15) is 42.7 Å². The first-order valence-corrected chi connectivity index (χ1v) is 13.9. The van der Waals surface area contributed by atoms with Gasteiger partial charge in [-0.25, -0.2) is 9.97 Å². The largest absolute Gasteiger partial charge is 0.345 e. The second-order valence-corrected chi connectivity index (χ2v) is 11.5. The lowest BCUT2D eigenvalue weighted by molar-refractivity contribution is 0.787. The summed E-state index contributed by atoms with van der Waals surface area (Å²) in [6, 6.07) is 20.6. The average molecular weight is 499 g/mol. The van der Waals surface area contributed by atoms with Gasteiger partial charge in [0.05, 0.1) is 16.7 Å². The Balaban J connectivity index is 1.28. The number of nitrogens with one attached hydrogen (secondary N) is 2. The molecule has 3 aromatic heterocycles. The zero-order chi connectivity index (χ0) is 24.8. The van der Waals surface area contributed by atoms with E-state index < -0.39 is 0 Å². The summed E-state index contributed by atoms with van der Waals surface area (Å²) in [5.41, 5.74) is 9.84. The minimum absolute atomic E-state index is 0.405. The van der Waals surface area contributed by atoms with Crippen molar-refractivity contribution in [3.8, 4) is 22.4 Å². The number of nitrogens with zero attached hydrogens (tertiary/aromatic N) is 2. The van der Waals surface area contributed by atoms with Crippen molar-refractivity contribution in [3.63, 3.8) is 0 Å². The Morgan fingerprint density at radius 2 is 1.65 bits per heavy atom. The summed E-state index contributed by atoms with van der Waals surface area (Å²) in [6.45, 7) is 6.42. The van der Waals surface area contributed by atoms with Crippen LogP contribution in [0.5, 0.6) is 0 Å². The average Bonchev–Trinajstić information content (AvgIpc) is 3.65. The molecule has 0 saturated heterocycles. The lowest BCUT2D eigenvalue weighted by Crippen LogP contribution is -2.04. The van der Waals surface area contributed by atoms with Gasteiger partial charge in [0.15, 0.2) is 0 Å². The van der Waals surface area contributed by atoms with Crippen molar-refractivity contribution in [2.24, 2.45) is 0 Å². The van der Waals surface area contributed by atoms with Gasteiger partial charge in [-0.15, -0.1) is 11.3 Å². The van der Waals surface area contributed by atoms with Crippen molar-refractivity contribution >= 4 is 54.0 Å². The first-order valence-electron chi connectivity index (χ1n) is 13.0. The normalized spacial score (nSPS) is 13.3. The number of fused-ring (bicyclic) bond motifs is 11. The molecule has 180 valence electrons. The smallest absolute Gasteiger partial charge is 0.109 e. The van der Waals surface area contributed by atoms with Crippen molar-refractivity contribution in [2.45, 2.75) is 39.5 Å². The van der Waals surface area contributed by atoms with Crippen molar-refractivity contribution < 1.29 is 0 Å². The summed E-state index contributed by atoms with van der Waals surface area (Å²) in [5, 5.41) is 8.57. The molecule has 0 saturated carbocycles. The molecule has 2 N–H and O–H groups in total. The molecule has 7 aromatic rings. The fourth-order valence-electron chi connectivity index (χ4n) is 6.14. The predicted octanol–water partition coefficient (Wildman–Crippen LogP) is 8.67. The van der Waals surface area contributed by atoms with Crippen LogP contribution in [0.4, 0.5) is 0 Å². The maximum atomic E-state index is 4.97. The molecule has 0 spiro atoms. The molecule has 0 bridgehead atoms. The van der Waals surface area contributed by atoms with Gasteiger partial charge in [0.2, 0.25) is 0 Å². The first kappa shape index (κ1) is 21.2. The van der Waals surface area contributed by atoms with Crippen LogP contribution < -0.4 is 0 Å². The van der Waals surface area contributed by atoms with Crippen LogP contribution in [0, 0.1) is 6.92 Å². The molecule has 0 atom stereocenters. The van der Waals surface area contributed by atoms with Crippen molar-refractivity contribution in [2.75, 3.05) is 0 Å². The molecular formula is C32H26N4S. The number of aromatic amines is 2. The van der Waals surface area contributed by atoms with Gasteiger partial charge >= 0.3 is 0 Å². The highest BCUT2D eigenvalue weighted by Gasteiger charge is 2.23. The topological polar surface area (TPSA) is 57.4 Å². The summed E-state index contributed by atoms with van der Waals surface area (Å²) < 4.78 is 1.31.